The lowest BCUT2D eigenvalue weighted by Gasteiger charge is -2.43. The van der Waals surface area contributed by atoms with Crippen LogP contribution in [-0.2, 0) is 22.3 Å². The highest BCUT2D eigenvalue weighted by molar-refractivity contribution is 6.05. The van der Waals surface area contributed by atoms with Gasteiger partial charge in [-0.2, -0.15) is 18.3 Å². The topological polar surface area (TPSA) is 127 Å². The number of rotatable bonds is 8. The Balaban J connectivity index is 0.863. The number of imide groups is 1. The Bertz CT molecular complexity index is 2440. The van der Waals surface area contributed by atoms with Gasteiger partial charge in [-0.1, -0.05) is 30.2 Å². The van der Waals surface area contributed by atoms with Gasteiger partial charge in [-0.25, -0.2) is 9.50 Å². The van der Waals surface area contributed by atoms with E-state index in [0.29, 0.717) is 62.0 Å². The first kappa shape index (κ1) is 39.6. The molecule has 1 unspecified atom stereocenters. The summed E-state index contributed by atoms with van der Waals surface area (Å²) in [5.74, 6) is 5.04. The number of benzene rings is 3. The Morgan fingerprint density at radius 2 is 1.71 bits per heavy atom. The van der Waals surface area contributed by atoms with Gasteiger partial charge in [0.1, 0.15) is 11.7 Å². The molecule has 2 aromatic heterocycles. The average Bonchev–Trinajstić information content (AvgIpc) is 3.65. The van der Waals surface area contributed by atoms with Crippen LogP contribution in [0.4, 0.5) is 30.2 Å². The van der Waals surface area contributed by atoms with E-state index in [0.717, 1.165) is 55.4 Å². The Labute approximate surface area is 339 Å². The maximum absolute atomic E-state index is 14.6. The zero-order valence-electron chi connectivity index (χ0n) is 32.6. The van der Waals surface area contributed by atoms with Crippen molar-refractivity contribution in [2.75, 3.05) is 54.8 Å². The van der Waals surface area contributed by atoms with Gasteiger partial charge in [-0.05, 0) is 105 Å². The molecule has 8 rings (SSSR count). The lowest BCUT2D eigenvalue weighted by Crippen LogP contribution is -2.53. The molecular formula is C44H44F3N9O3. The summed E-state index contributed by atoms with van der Waals surface area (Å²) in [6.07, 6.45) is 1.27. The number of anilines is 3. The van der Waals surface area contributed by atoms with Crippen LogP contribution in [0.25, 0.3) is 5.65 Å². The smallest absolute Gasteiger partial charge is 0.373 e. The van der Waals surface area contributed by atoms with E-state index in [1.807, 2.05) is 31.2 Å². The van der Waals surface area contributed by atoms with Crippen LogP contribution in [0.5, 0.6) is 0 Å². The molecule has 0 saturated carbocycles. The molecule has 3 N–H and O–H groups in total. The molecule has 5 heterocycles. The van der Waals surface area contributed by atoms with Gasteiger partial charge in [0, 0.05) is 79.6 Å². The fraction of sp³-hybridized carbons (Fsp3) is 0.341. The van der Waals surface area contributed by atoms with Crippen molar-refractivity contribution < 1.29 is 27.6 Å². The van der Waals surface area contributed by atoms with E-state index >= 15 is 0 Å². The Hall–Kier alpha value is -6.24. The number of carbonyl (C=O) groups excluding carboxylic acids is 3. The lowest BCUT2D eigenvalue weighted by molar-refractivity contribution is -0.137. The second kappa shape index (κ2) is 16.9. The highest BCUT2D eigenvalue weighted by atomic mass is 19.4. The third kappa shape index (κ3) is 9.09. The number of aromatic nitrogens is 3. The molecule has 3 aliphatic heterocycles. The zero-order chi connectivity index (χ0) is 41.1. The summed E-state index contributed by atoms with van der Waals surface area (Å²) in [4.78, 5) is 48.1. The van der Waals surface area contributed by atoms with Gasteiger partial charge < -0.3 is 15.5 Å². The number of amides is 3. The van der Waals surface area contributed by atoms with Gasteiger partial charge >= 0.3 is 6.18 Å². The van der Waals surface area contributed by atoms with Crippen molar-refractivity contribution in [1.82, 2.24) is 29.7 Å². The molecule has 3 amide bonds. The number of imidazole rings is 1. The quantitative estimate of drug-likeness (QED) is 0.134. The number of fused-ring (bicyclic) bond motifs is 1. The molecule has 0 aliphatic carbocycles. The van der Waals surface area contributed by atoms with E-state index in [4.69, 9.17) is 0 Å². The van der Waals surface area contributed by atoms with Crippen LogP contribution >= 0.6 is 0 Å². The van der Waals surface area contributed by atoms with E-state index in [9.17, 15) is 27.6 Å². The fourth-order valence-corrected chi connectivity index (χ4v) is 8.09. The number of aryl methyl sites for hydroxylation is 1. The lowest BCUT2D eigenvalue weighted by atomic mass is 10.0. The minimum absolute atomic E-state index is 0.0517. The van der Waals surface area contributed by atoms with Crippen molar-refractivity contribution in [2.45, 2.75) is 57.4 Å². The molecule has 5 aromatic rings. The van der Waals surface area contributed by atoms with Crippen molar-refractivity contribution in [3.8, 4) is 11.8 Å². The summed E-state index contributed by atoms with van der Waals surface area (Å²) in [5, 5.41) is 12.7. The standard InChI is InChI=1S/C44H44F3N9O3/c1-29-8-9-31(25-30(29)10-12-35-27-48-40-7-4-18-49-56(35)40)42(58)50-33-11-14-39(36(26-33)44(45,46)47)55-23-21-54(22-24-55)34-16-19-53(20-17-34)28-32-5-2-3-6-37(32)51-38-13-15-41(57)52-43(38)59/h2-9,11,14,18,25-27,34,38,51H,13,15-17,19-24,28H2,1H3,(H,50,58)(H,52,57,59). The van der Waals surface area contributed by atoms with Crippen molar-refractivity contribution >= 4 is 40.4 Å². The zero-order valence-corrected chi connectivity index (χ0v) is 32.6. The number of alkyl halides is 3. The molecule has 0 spiro atoms. The number of piperazine rings is 1. The molecule has 0 bridgehead atoms. The maximum atomic E-state index is 14.6. The molecule has 12 nitrogen and oxygen atoms in total. The maximum Gasteiger partial charge on any atom is 0.418 e. The van der Waals surface area contributed by atoms with E-state index in [1.54, 1.807) is 46.1 Å². The second-order valence-corrected chi connectivity index (χ2v) is 15.2. The number of para-hydroxylation sites is 1. The van der Waals surface area contributed by atoms with Crippen LogP contribution < -0.4 is 20.9 Å². The van der Waals surface area contributed by atoms with Gasteiger partial charge in [0.25, 0.3) is 5.91 Å². The normalized spacial score (nSPS) is 18.3. The van der Waals surface area contributed by atoms with E-state index < -0.39 is 23.7 Å². The summed E-state index contributed by atoms with van der Waals surface area (Å²) in [6.45, 7) is 6.53. The van der Waals surface area contributed by atoms with E-state index in [-0.39, 0.29) is 28.8 Å². The monoisotopic (exact) mass is 803 g/mol. The predicted molar refractivity (Wildman–Crippen MR) is 218 cm³/mol. The molecule has 3 aliphatic rings. The highest BCUT2D eigenvalue weighted by Crippen LogP contribution is 2.39. The molecule has 3 aromatic carbocycles. The SMILES string of the molecule is Cc1ccc(C(=O)Nc2ccc(N3CCN(C4CCN(Cc5ccccc5NC5CCC(=O)NC5=O)CC4)CC3)c(C(F)(F)F)c2)cc1C#Cc1cnc2cccnn12. The number of hydrogen-bond donors (Lipinski definition) is 3. The fourth-order valence-electron chi connectivity index (χ4n) is 8.09. The Morgan fingerprint density at radius 1 is 0.915 bits per heavy atom. The first-order valence-corrected chi connectivity index (χ1v) is 19.8. The summed E-state index contributed by atoms with van der Waals surface area (Å²) in [6, 6.07) is 20.4. The van der Waals surface area contributed by atoms with Crippen molar-refractivity contribution in [3.63, 3.8) is 0 Å². The minimum atomic E-state index is -4.63. The van der Waals surface area contributed by atoms with Gasteiger partial charge in [0.2, 0.25) is 11.8 Å². The number of piperidine rings is 2. The number of likely N-dealkylation sites (tertiary alicyclic amines) is 1. The van der Waals surface area contributed by atoms with E-state index in [1.165, 1.54) is 12.1 Å². The first-order valence-electron chi connectivity index (χ1n) is 19.8. The molecule has 15 heteroatoms. The third-order valence-electron chi connectivity index (χ3n) is 11.4. The molecule has 59 heavy (non-hydrogen) atoms. The van der Waals surface area contributed by atoms with Crippen LogP contribution in [-0.4, -0.2) is 93.5 Å². The van der Waals surface area contributed by atoms with Gasteiger partial charge in [-0.15, -0.1) is 0 Å². The Morgan fingerprint density at radius 3 is 2.49 bits per heavy atom. The highest BCUT2D eigenvalue weighted by Gasteiger charge is 2.37. The largest absolute Gasteiger partial charge is 0.418 e. The summed E-state index contributed by atoms with van der Waals surface area (Å²) >= 11 is 0. The van der Waals surface area contributed by atoms with Crippen molar-refractivity contribution in [3.05, 3.63) is 119 Å². The average molecular weight is 804 g/mol. The first-order chi connectivity index (χ1) is 28.5. The van der Waals surface area contributed by atoms with Crippen LogP contribution in [0.2, 0.25) is 0 Å². The van der Waals surface area contributed by atoms with Crippen LogP contribution in [0.15, 0.2) is 85.2 Å². The number of nitrogens with zero attached hydrogens (tertiary/aromatic N) is 6. The molecule has 0 radical (unpaired) electrons. The van der Waals surface area contributed by atoms with Gasteiger partial charge in [-0.3, -0.25) is 29.5 Å². The van der Waals surface area contributed by atoms with Crippen LogP contribution in [0.3, 0.4) is 0 Å². The summed E-state index contributed by atoms with van der Waals surface area (Å²) in [7, 11) is 0. The predicted octanol–water partition coefficient (Wildman–Crippen LogP) is 5.71. The minimum Gasteiger partial charge on any atom is -0.373 e. The second-order valence-electron chi connectivity index (χ2n) is 15.2. The molecule has 304 valence electrons. The van der Waals surface area contributed by atoms with Crippen molar-refractivity contribution in [2.24, 2.45) is 0 Å². The summed E-state index contributed by atoms with van der Waals surface area (Å²) < 4.78 is 45.3. The summed E-state index contributed by atoms with van der Waals surface area (Å²) in [5.41, 5.74) is 4.26. The van der Waals surface area contributed by atoms with Crippen molar-refractivity contribution in [1.29, 1.82) is 0 Å². The van der Waals surface area contributed by atoms with Crippen LogP contribution in [0.1, 0.15) is 64.0 Å². The molecule has 3 fully saturated rings. The van der Waals surface area contributed by atoms with Gasteiger partial charge in [0.05, 0.1) is 11.8 Å². The number of hydrogen-bond acceptors (Lipinski definition) is 9. The van der Waals surface area contributed by atoms with E-state index in [2.05, 4.69) is 53.7 Å². The third-order valence-corrected chi connectivity index (χ3v) is 11.4. The number of halogens is 3. The number of nitrogens with one attached hydrogen (secondary N) is 3. The number of carbonyl (C=O) groups is 3. The Kier molecular flexibility index (Phi) is 11.4. The van der Waals surface area contributed by atoms with Crippen LogP contribution in [0, 0.1) is 18.8 Å². The van der Waals surface area contributed by atoms with Gasteiger partial charge in [0.15, 0.2) is 5.65 Å². The molecular weight excluding hydrogens is 760 g/mol. The molecule has 1 atom stereocenters. The molecule has 3 saturated heterocycles.